The number of rotatable bonds is 1. The molecule has 58 valence electrons. The number of hydrogen-bond donors (Lipinski definition) is 0. The van der Waals surface area contributed by atoms with Crippen molar-refractivity contribution in [2.45, 2.75) is 40.7 Å². The fourth-order valence-corrected chi connectivity index (χ4v) is 0.726. The van der Waals surface area contributed by atoms with Crippen molar-refractivity contribution in [3.63, 3.8) is 0 Å². The van der Waals surface area contributed by atoms with E-state index in [2.05, 4.69) is 9.98 Å². The molecule has 0 bridgehead atoms. The highest BCUT2D eigenvalue weighted by molar-refractivity contribution is 5.94. The molecule has 0 fully saturated rings. The number of nitrogens with zero attached hydrogens (tertiary/aromatic N) is 2. The van der Waals surface area contributed by atoms with Gasteiger partial charge in [0.15, 0.2) is 0 Å². The maximum Gasteiger partial charge on any atom is 0.120 e. The van der Waals surface area contributed by atoms with E-state index in [1.165, 1.54) is 0 Å². The quantitative estimate of drug-likeness (QED) is 0.394. The first-order valence-electron chi connectivity index (χ1n) is 3.58. The highest BCUT2D eigenvalue weighted by atomic mass is 14.9. The second-order valence-corrected chi connectivity index (χ2v) is 2.83. The van der Waals surface area contributed by atoms with E-state index in [0.717, 1.165) is 11.5 Å². The Morgan fingerprint density at radius 1 is 1.10 bits per heavy atom. The zero-order valence-corrected chi connectivity index (χ0v) is 7.47. The zero-order valence-electron chi connectivity index (χ0n) is 7.47. The van der Waals surface area contributed by atoms with Crippen LogP contribution in [0.4, 0.5) is 0 Å². The second kappa shape index (κ2) is 4.20. The molecule has 0 rings (SSSR count). The molecule has 0 unspecified atom stereocenters. The van der Waals surface area contributed by atoms with Gasteiger partial charge in [-0.25, -0.2) is 4.99 Å². The number of amidine groups is 1. The maximum absolute atomic E-state index is 4.25. The van der Waals surface area contributed by atoms with Crippen LogP contribution in [0.1, 0.15) is 34.6 Å². The SMILES string of the molecule is CC(C)=NC(C)=NC(C)C. The van der Waals surface area contributed by atoms with Crippen molar-refractivity contribution in [3.05, 3.63) is 0 Å². The Labute approximate surface area is 63.1 Å². The lowest BCUT2D eigenvalue weighted by atomic mass is 10.4. The molecule has 0 aliphatic carbocycles. The van der Waals surface area contributed by atoms with Gasteiger partial charge in [0.25, 0.3) is 0 Å². The first kappa shape index (κ1) is 9.34. The average Bonchev–Trinajstić information content (AvgIpc) is 1.58. The van der Waals surface area contributed by atoms with Crippen molar-refractivity contribution in [1.29, 1.82) is 0 Å². The molecule has 0 aromatic heterocycles. The third kappa shape index (κ3) is 5.48. The summed E-state index contributed by atoms with van der Waals surface area (Å²) in [5.74, 6) is 0.870. The minimum atomic E-state index is 0.350. The van der Waals surface area contributed by atoms with Gasteiger partial charge < -0.3 is 0 Å². The van der Waals surface area contributed by atoms with E-state index < -0.39 is 0 Å². The van der Waals surface area contributed by atoms with Gasteiger partial charge in [-0.1, -0.05) is 0 Å². The Morgan fingerprint density at radius 2 is 1.60 bits per heavy atom. The molecule has 2 heteroatoms. The van der Waals surface area contributed by atoms with Gasteiger partial charge in [0, 0.05) is 11.8 Å². The van der Waals surface area contributed by atoms with Crippen LogP contribution in [-0.4, -0.2) is 17.6 Å². The number of hydrogen-bond acceptors (Lipinski definition) is 1. The molecule has 2 nitrogen and oxygen atoms in total. The summed E-state index contributed by atoms with van der Waals surface area (Å²) in [7, 11) is 0. The molecular formula is C8H16N2. The molecule has 0 aliphatic heterocycles. The summed E-state index contributed by atoms with van der Waals surface area (Å²) in [5, 5.41) is 0. The summed E-state index contributed by atoms with van der Waals surface area (Å²) in [5.41, 5.74) is 1.06. The first-order chi connectivity index (χ1) is 4.52. The summed E-state index contributed by atoms with van der Waals surface area (Å²) in [4.78, 5) is 8.43. The molecule has 0 aliphatic rings. The largest absolute Gasteiger partial charge is 0.268 e. The first-order valence-corrected chi connectivity index (χ1v) is 3.58. The van der Waals surface area contributed by atoms with Crippen LogP contribution in [0, 0.1) is 0 Å². The third-order valence-corrected chi connectivity index (χ3v) is 0.830. The van der Waals surface area contributed by atoms with E-state index in [9.17, 15) is 0 Å². The van der Waals surface area contributed by atoms with E-state index in [1.807, 2.05) is 34.6 Å². The van der Waals surface area contributed by atoms with E-state index in [1.54, 1.807) is 0 Å². The molecule has 0 radical (unpaired) electrons. The monoisotopic (exact) mass is 140 g/mol. The molecule has 0 aromatic rings. The lowest BCUT2D eigenvalue weighted by molar-refractivity contribution is 0.833. The van der Waals surface area contributed by atoms with E-state index in [0.29, 0.717) is 6.04 Å². The van der Waals surface area contributed by atoms with Gasteiger partial charge in [0.05, 0.1) is 0 Å². The Balaban J connectivity index is 4.08. The van der Waals surface area contributed by atoms with Crippen molar-refractivity contribution in [3.8, 4) is 0 Å². The minimum Gasteiger partial charge on any atom is -0.268 e. The molecular weight excluding hydrogens is 124 g/mol. The topological polar surface area (TPSA) is 24.7 Å². The summed E-state index contributed by atoms with van der Waals surface area (Å²) in [6.45, 7) is 9.96. The standard InChI is InChI=1S/C8H16N2/c1-6(2)9-8(5)10-7(3)4/h6H,1-5H3. The lowest BCUT2D eigenvalue weighted by Crippen LogP contribution is -1.97. The Hall–Kier alpha value is -0.660. The smallest absolute Gasteiger partial charge is 0.120 e. The summed E-state index contributed by atoms with van der Waals surface area (Å²) >= 11 is 0. The molecule has 0 heterocycles. The van der Waals surface area contributed by atoms with E-state index >= 15 is 0 Å². The maximum atomic E-state index is 4.25. The van der Waals surface area contributed by atoms with Gasteiger partial charge in [0.1, 0.15) is 5.84 Å². The second-order valence-electron chi connectivity index (χ2n) is 2.83. The summed E-state index contributed by atoms with van der Waals surface area (Å²) in [6, 6.07) is 0.350. The molecule has 0 atom stereocenters. The van der Waals surface area contributed by atoms with Gasteiger partial charge in [0.2, 0.25) is 0 Å². The average molecular weight is 140 g/mol. The van der Waals surface area contributed by atoms with Gasteiger partial charge in [-0.2, -0.15) is 0 Å². The predicted octanol–water partition coefficient (Wildman–Crippen LogP) is 2.29. The highest BCUT2D eigenvalue weighted by Gasteiger charge is 1.88. The van der Waals surface area contributed by atoms with Crippen LogP contribution in [0.15, 0.2) is 9.98 Å². The predicted molar refractivity (Wildman–Crippen MR) is 47.0 cm³/mol. The highest BCUT2D eigenvalue weighted by Crippen LogP contribution is 1.89. The molecule has 0 saturated heterocycles. The number of aliphatic imine (C=N–C) groups is 2. The summed E-state index contributed by atoms with van der Waals surface area (Å²) < 4.78 is 0. The van der Waals surface area contributed by atoms with E-state index in [-0.39, 0.29) is 0 Å². The van der Waals surface area contributed by atoms with Crippen molar-refractivity contribution < 1.29 is 0 Å². The van der Waals surface area contributed by atoms with Crippen LogP contribution < -0.4 is 0 Å². The van der Waals surface area contributed by atoms with Gasteiger partial charge >= 0.3 is 0 Å². The van der Waals surface area contributed by atoms with Gasteiger partial charge in [-0.3, -0.25) is 4.99 Å². The van der Waals surface area contributed by atoms with Crippen molar-refractivity contribution in [1.82, 2.24) is 0 Å². The van der Waals surface area contributed by atoms with Crippen LogP contribution in [0.5, 0.6) is 0 Å². The molecule has 0 saturated carbocycles. The van der Waals surface area contributed by atoms with E-state index in [4.69, 9.17) is 0 Å². The normalized spacial score (nSPS) is 12.0. The van der Waals surface area contributed by atoms with Crippen molar-refractivity contribution >= 4 is 11.5 Å². The van der Waals surface area contributed by atoms with Gasteiger partial charge in [-0.15, -0.1) is 0 Å². The molecule has 0 aromatic carbocycles. The Kier molecular flexibility index (Phi) is 3.93. The Morgan fingerprint density at radius 3 is 1.90 bits per heavy atom. The molecule has 0 amide bonds. The fourth-order valence-electron chi connectivity index (χ4n) is 0.726. The Bertz CT molecular complexity index is 151. The molecule has 0 N–H and O–H groups in total. The third-order valence-electron chi connectivity index (χ3n) is 0.830. The van der Waals surface area contributed by atoms with Crippen molar-refractivity contribution in [2.24, 2.45) is 9.98 Å². The zero-order chi connectivity index (χ0) is 8.15. The van der Waals surface area contributed by atoms with Crippen LogP contribution in [0.25, 0.3) is 0 Å². The van der Waals surface area contributed by atoms with Gasteiger partial charge in [-0.05, 0) is 34.6 Å². The molecule has 0 spiro atoms. The van der Waals surface area contributed by atoms with Crippen molar-refractivity contribution in [2.75, 3.05) is 0 Å². The fraction of sp³-hybridized carbons (Fsp3) is 0.750. The van der Waals surface area contributed by atoms with Crippen LogP contribution in [0.3, 0.4) is 0 Å². The summed E-state index contributed by atoms with van der Waals surface area (Å²) in [6.07, 6.45) is 0. The van der Waals surface area contributed by atoms with Crippen LogP contribution in [0.2, 0.25) is 0 Å². The molecule has 10 heavy (non-hydrogen) atoms. The lowest BCUT2D eigenvalue weighted by Gasteiger charge is -1.97. The minimum absolute atomic E-state index is 0.350. The van der Waals surface area contributed by atoms with Crippen LogP contribution in [-0.2, 0) is 0 Å². The van der Waals surface area contributed by atoms with Crippen LogP contribution >= 0.6 is 0 Å².